The quantitative estimate of drug-likeness (QED) is 0.793. The van der Waals surface area contributed by atoms with Gasteiger partial charge in [-0.05, 0) is 28.1 Å². The van der Waals surface area contributed by atoms with Crippen molar-refractivity contribution in [2.24, 2.45) is 5.73 Å². The van der Waals surface area contributed by atoms with E-state index in [0.717, 1.165) is 5.69 Å². The van der Waals surface area contributed by atoms with Gasteiger partial charge >= 0.3 is 0 Å². The maximum absolute atomic E-state index is 10.6. The van der Waals surface area contributed by atoms with Crippen molar-refractivity contribution in [3.8, 4) is 0 Å². The average molecular weight is 241 g/mol. The second kappa shape index (κ2) is 4.67. The normalized spacial score (nSPS) is 11.0. The van der Waals surface area contributed by atoms with Crippen molar-refractivity contribution in [1.82, 2.24) is 0 Å². The van der Waals surface area contributed by atoms with Crippen LogP contribution in [0.25, 0.3) is 0 Å². The molecule has 0 aliphatic heterocycles. The smallest absolute Gasteiger partial charge is 0.257 e. The summed E-state index contributed by atoms with van der Waals surface area (Å²) in [6, 6.07) is 9.48. The first-order valence-electron chi connectivity index (χ1n) is 3.67. The van der Waals surface area contributed by atoms with Crippen LogP contribution in [0, 0.1) is 0 Å². The van der Waals surface area contributed by atoms with Crippen LogP contribution in [0.5, 0.6) is 0 Å². The summed E-state index contributed by atoms with van der Waals surface area (Å²) in [6.07, 6.45) is 1.51. The Morgan fingerprint density at radius 2 is 2.00 bits per heavy atom. The first-order chi connectivity index (χ1) is 6.20. The van der Waals surface area contributed by atoms with E-state index in [1.54, 1.807) is 0 Å². The summed E-state index contributed by atoms with van der Waals surface area (Å²) >= 11 is 3.02. The molecule has 1 aromatic rings. The molecular weight excluding hydrogens is 232 g/mol. The maximum atomic E-state index is 10.6. The van der Waals surface area contributed by atoms with E-state index in [9.17, 15) is 4.79 Å². The Balaban J connectivity index is 2.62. The molecule has 1 rings (SSSR count). The molecule has 0 radical (unpaired) electrons. The van der Waals surface area contributed by atoms with Gasteiger partial charge in [-0.1, -0.05) is 18.2 Å². The van der Waals surface area contributed by atoms with E-state index < -0.39 is 5.91 Å². The second-order valence-corrected chi connectivity index (χ2v) is 3.22. The summed E-state index contributed by atoms with van der Waals surface area (Å²) in [5.74, 6) is -0.497. The Morgan fingerprint density at radius 1 is 1.38 bits per heavy atom. The van der Waals surface area contributed by atoms with Crippen LogP contribution in [0.2, 0.25) is 0 Å². The van der Waals surface area contributed by atoms with Crippen LogP contribution in [-0.2, 0) is 4.79 Å². The molecule has 0 unspecified atom stereocenters. The number of carbonyl (C=O) groups is 1. The zero-order valence-corrected chi connectivity index (χ0v) is 8.41. The molecule has 68 valence electrons. The molecule has 3 nitrogen and oxygen atoms in total. The molecule has 0 spiro atoms. The largest absolute Gasteiger partial charge is 0.365 e. The van der Waals surface area contributed by atoms with Crippen molar-refractivity contribution in [3.63, 3.8) is 0 Å². The predicted octanol–water partition coefficient (Wildman–Crippen LogP) is 1.82. The summed E-state index contributed by atoms with van der Waals surface area (Å²) in [6.45, 7) is 0. The highest BCUT2D eigenvalue weighted by Gasteiger charge is 1.97. The number of primary amides is 1. The van der Waals surface area contributed by atoms with Gasteiger partial charge < -0.3 is 11.1 Å². The lowest BCUT2D eigenvalue weighted by atomic mass is 10.3. The Hall–Kier alpha value is -1.29. The summed E-state index contributed by atoms with van der Waals surface area (Å²) in [5, 5.41) is 2.92. The molecule has 1 amide bonds. The fourth-order valence-electron chi connectivity index (χ4n) is 0.752. The molecule has 0 atom stereocenters. The minimum Gasteiger partial charge on any atom is -0.365 e. The minimum atomic E-state index is -0.497. The highest BCUT2D eigenvalue weighted by Crippen LogP contribution is 2.08. The van der Waals surface area contributed by atoms with E-state index in [4.69, 9.17) is 5.73 Å². The van der Waals surface area contributed by atoms with Crippen LogP contribution in [0.4, 0.5) is 5.69 Å². The lowest BCUT2D eigenvalue weighted by molar-refractivity contribution is -0.113. The van der Waals surface area contributed by atoms with Gasteiger partial charge in [0.2, 0.25) is 0 Å². The third kappa shape index (κ3) is 3.29. The van der Waals surface area contributed by atoms with Crippen LogP contribution >= 0.6 is 15.9 Å². The molecular formula is C9H9BrN2O. The van der Waals surface area contributed by atoms with Gasteiger partial charge in [0.05, 0.1) is 4.48 Å². The summed E-state index contributed by atoms with van der Waals surface area (Å²) in [4.78, 5) is 10.6. The van der Waals surface area contributed by atoms with E-state index in [-0.39, 0.29) is 0 Å². The average Bonchev–Trinajstić information content (AvgIpc) is 2.15. The molecule has 0 saturated heterocycles. The van der Waals surface area contributed by atoms with Crippen molar-refractivity contribution < 1.29 is 4.79 Å². The van der Waals surface area contributed by atoms with Gasteiger partial charge in [-0.15, -0.1) is 0 Å². The molecule has 4 heteroatoms. The van der Waals surface area contributed by atoms with Crippen molar-refractivity contribution in [2.45, 2.75) is 0 Å². The Morgan fingerprint density at radius 3 is 2.54 bits per heavy atom. The third-order valence-electron chi connectivity index (χ3n) is 1.37. The van der Waals surface area contributed by atoms with Crippen LogP contribution in [-0.4, -0.2) is 5.91 Å². The first kappa shape index (κ1) is 9.80. The van der Waals surface area contributed by atoms with Gasteiger partial charge in [-0.2, -0.15) is 0 Å². The van der Waals surface area contributed by atoms with Crippen LogP contribution in [0.1, 0.15) is 0 Å². The van der Waals surface area contributed by atoms with E-state index in [1.165, 1.54) is 6.20 Å². The van der Waals surface area contributed by atoms with Gasteiger partial charge in [0.15, 0.2) is 0 Å². The predicted molar refractivity (Wildman–Crippen MR) is 56.3 cm³/mol. The number of benzene rings is 1. The highest BCUT2D eigenvalue weighted by atomic mass is 79.9. The molecule has 0 aromatic heterocycles. The number of anilines is 1. The molecule has 0 heterocycles. The number of nitrogens with two attached hydrogens (primary N) is 1. The molecule has 0 fully saturated rings. The number of hydrogen-bond acceptors (Lipinski definition) is 2. The molecule has 3 N–H and O–H groups in total. The summed E-state index contributed by atoms with van der Waals surface area (Å²) < 4.78 is 0.316. The lowest BCUT2D eigenvalue weighted by Gasteiger charge is -1.99. The second-order valence-electron chi connectivity index (χ2n) is 2.37. The number of hydrogen-bond donors (Lipinski definition) is 2. The zero-order chi connectivity index (χ0) is 9.68. The van der Waals surface area contributed by atoms with Gasteiger partial charge in [-0.3, -0.25) is 4.79 Å². The maximum Gasteiger partial charge on any atom is 0.257 e. The van der Waals surface area contributed by atoms with E-state index >= 15 is 0 Å². The zero-order valence-electron chi connectivity index (χ0n) is 6.83. The molecule has 0 aliphatic rings. The number of carbonyl (C=O) groups excluding carboxylic acids is 1. The summed E-state index contributed by atoms with van der Waals surface area (Å²) in [7, 11) is 0. The van der Waals surface area contributed by atoms with Gasteiger partial charge in [0, 0.05) is 11.9 Å². The molecule has 13 heavy (non-hydrogen) atoms. The molecule has 0 bridgehead atoms. The number of para-hydroxylation sites is 1. The van der Waals surface area contributed by atoms with Gasteiger partial charge in [0.25, 0.3) is 5.91 Å². The van der Waals surface area contributed by atoms with Crippen molar-refractivity contribution in [3.05, 3.63) is 41.0 Å². The Labute approximate surface area is 84.8 Å². The molecule has 0 aliphatic carbocycles. The van der Waals surface area contributed by atoms with Crippen molar-refractivity contribution in [1.29, 1.82) is 0 Å². The Bertz CT molecular complexity index is 322. The first-order valence-corrected chi connectivity index (χ1v) is 4.46. The van der Waals surface area contributed by atoms with Gasteiger partial charge in [0.1, 0.15) is 0 Å². The van der Waals surface area contributed by atoms with Crippen molar-refractivity contribution >= 4 is 27.5 Å². The fraction of sp³-hybridized carbons (Fsp3) is 0. The number of amides is 1. The third-order valence-corrected chi connectivity index (χ3v) is 1.99. The van der Waals surface area contributed by atoms with Crippen LogP contribution < -0.4 is 11.1 Å². The Kier molecular flexibility index (Phi) is 3.52. The topological polar surface area (TPSA) is 55.1 Å². The summed E-state index contributed by atoms with van der Waals surface area (Å²) in [5.41, 5.74) is 5.91. The van der Waals surface area contributed by atoms with E-state index in [1.807, 2.05) is 30.3 Å². The molecule has 0 saturated carbocycles. The number of nitrogens with one attached hydrogen (secondary N) is 1. The van der Waals surface area contributed by atoms with Crippen LogP contribution in [0.3, 0.4) is 0 Å². The fourth-order valence-corrected chi connectivity index (χ4v) is 0.867. The van der Waals surface area contributed by atoms with Crippen molar-refractivity contribution in [2.75, 3.05) is 5.32 Å². The minimum absolute atomic E-state index is 0.316. The number of halogens is 1. The lowest BCUT2D eigenvalue weighted by Crippen LogP contribution is -2.10. The highest BCUT2D eigenvalue weighted by molar-refractivity contribution is 9.12. The van der Waals surface area contributed by atoms with Gasteiger partial charge in [-0.25, -0.2) is 0 Å². The molecule has 1 aromatic carbocycles. The van der Waals surface area contributed by atoms with E-state index in [0.29, 0.717) is 4.48 Å². The van der Waals surface area contributed by atoms with Crippen LogP contribution in [0.15, 0.2) is 41.0 Å². The standard InChI is InChI=1S/C9H9BrN2O/c10-8(9(11)13)6-12-7-4-2-1-3-5-7/h1-6,12H,(H2,11,13)/b8-6-. The number of rotatable bonds is 3. The van der Waals surface area contributed by atoms with E-state index in [2.05, 4.69) is 21.2 Å². The monoisotopic (exact) mass is 240 g/mol. The SMILES string of the molecule is NC(=O)/C(Br)=C/Nc1ccccc1.